The topological polar surface area (TPSA) is 57.1 Å². The average molecular weight is 419 g/mol. The Hall–Kier alpha value is -3.93. The average Bonchev–Trinajstić information content (AvgIpc) is 2.81. The summed E-state index contributed by atoms with van der Waals surface area (Å²) in [7, 11) is 0. The van der Waals surface area contributed by atoms with Gasteiger partial charge in [-0.1, -0.05) is 43.0 Å². The molecule has 0 heterocycles. The first-order chi connectivity index (χ1) is 15.1. The first kappa shape index (κ1) is 21.8. The standard InChI is InChI=1S/C25H22FNO4/c1-2-14-29-25(28)18-30-23-13-8-20(16-27-22-11-9-21(26)10-12-22)24(15-23)31-17-19-6-4-3-5-7-19/h2-13,15-16H,1,14,17-18H2. The van der Waals surface area contributed by atoms with Crippen molar-refractivity contribution in [1.82, 2.24) is 0 Å². The summed E-state index contributed by atoms with van der Waals surface area (Å²) in [5.41, 5.74) is 2.32. The summed E-state index contributed by atoms with van der Waals surface area (Å²) in [6.45, 7) is 3.75. The van der Waals surface area contributed by atoms with Gasteiger partial charge in [-0.05, 0) is 42.0 Å². The number of nitrogens with zero attached hydrogens (tertiary/aromatic N) is 1. The van der Waals surface area contributed by atoms with Gasteiger partial charge < -0.3 is 14.2 Å². The fraction of sp³-hybridized carbons (Fsp3) is 0.120. The molecule has 0 aliphatic heterocycles. The smallest absolute Gasteiger partial charge is 0.344 e. The molecule has 3 aromatic carbocycles. The van der Waals surface area contributed by atoms with Crippen molar-refractivity contribution >= 4 is 17.9 Å². The minimum Gasteiger partial charge on any atom is -0.488 e. The summed E-state index contributed by atoms with van der Waals surface area (Å²) in [5, 5.41) is 0. The van der Waals surface area contributed by atoms with Crippen LogP contribution in [0, 0.1) is 5.82 Å². The molecule has 0 saturated carbocycles. The van der Waals surface area contributed by atoms with Crippen molar-refractivity contribution in [3.8, 4) is 11.5 Å². The highest BCUT2D eigenvalue weighted by atomic mass is 19.1. The van der Waals surface area contributed by atoms with E-state index in [1.165, 1.54) is 18.2 Å². The second-order valence-electron chi connectivity index (χ2n) is 6.47. The molecule has 0 N–H and O–H groups in total. The van der Waals surface area contributed by atoms with Crippen molar-refractivity contribution in [2.75, 3.05) is 13.2 Å². The van der Waals surface area contributed by atoms with E-state index in [2.05, 4.69) is 11.6 Å². The van der Waals surface area contributed by atoms with E-state index in [-0.39, 0.29) is 19.0 Å². The highest BCUT2D eigenvalue weighted by Crippen LogP contribution is 2.26. The summed E-state index contributed by atoms with van der Waals surface area (Å²) in [5.74, 6) is 0.178. The molecule has 6 heteroatoms. The van der Waals surface area contributed by atoms with Gasteiger partial charge in [0.05, 0.1) is 5.69 Å². The molecular weight excluding hydrogens is 397 g/mol. The van der Waals surface area contributed by atoms with Gasteiger partial charge in [0.15, 0.2) is 6.61 Å². The Balaban J connectivity index is 1.76. The third-order valence-corrected chi connectivity index (χ3v) is 4.12. The summed E-state index contributed by atoms with van der Waals surface area (Å²) >= 11 is 0. The van der Waals surface area contributed by atoms with E-state index >= 15 is 0 Å². The number of aliphatic imine (C=N–C) groups is 1. The van der Waals surface area contributed by atoms with Gasteiger partial charge in [-0.2, -0.15) is 0 Å². The lowest BCUT2D eigenvalue weighted by molar-refractivity contribution is -0.144. The molecule has 0 fully saturated rings. The number of benzene rings is 3. The van der Waals surface area contributed by atoms with Crippen LogP contribution in [0.2, 0.25) is 0 Å². The van der Waals surface area contributed by atoms with Crippen molar-refractivity contribution in [3.63, 3.8) is 0 Å². The molecule has 0 radical (unpaired) electrons. The summed E-state index contributed by atoms with van der Waals surface area (Å²) in [6, 6.07) is 20.8. The van der Waals surface area contributed by atoms with Gasteiger partial charge in [0.2, 0.25) is 0 Å². The highest BCUT2D eigenvalue weighted by Gasteiger charge is 2.08. The number of hydrogen-bond donors (Lipinski definition) is 0. The van der Waals surface area contributed by atoms with Crippen molar-refractivity contribution in [2.45, 2.75) is 6.61 Å². The van der Waals surface area contributed by atoms with Gasteiger partial charge in [-0.25, -0.2) is 9.18 Å². The van der Waals surface area contributed by atoms with E-state index in [4.69, 9.17) is 14.2 Å². The van der Waals surface area contributed by atoms with Crippen molar-refractivity contribution in [2.24, 2.45) is 4.99 Å². The molecule has 0 aliphatic rings. The van der Waals surface area contributed by atoms with E-state index in [0.29, 0.717) is 29.4 Å². The second kappa shape index (κ2) is 11.3. The molecule has 3 rings (SSSR count). The summed E-state index contributed by atoms with van der Waals surface area (Å²) in [4.78, 5) is 16.0. The van der Waals surface area contributed by atoms with Crippen LogP contribution in [0.25, 0.3) is 0 Å². The van der Waals surface area contributed by atoms with Crippen LogP contribution in [0.15, 0.2) is 90.4 Å². The van der Waals surface area contributed by atoms with Crippen LogP contribution in [-0.4, -0.2) is 25.4 Å². The molecule has 0 saturated heterocycles. The van der Waals surface area contributed by atoms with Crippen LogP contribution < -0.4 is 9.47 Å². The van der Waals surface area contributed by atoms with Crippen LogP contribution in [0.4, 0.5) is 10.1 Å². The first-order valence-electron chi connectivity index (χ1n) is 9.64. The first-order valence-corrected chi connectivity index (χ1v) is 9.64. The number of hydrogen-bond acceptors (Lipinski definition) is 5. The van der Waals surface area contributed by atoms with E-state index < -0.39 is 5.97 Å². The van der Waals surface area contributed by atoms with Gasteiger partial charge in [0.1, 0.15) is 30.5 Å². The van der Waals surface area contributed by atoms with Crippen molar-refractivity contribution in [3.05, 3.63) is 102 Å². The normalized spacial score (nSPS) is 10.6. The zero-order valence-corrected chi connectivity index (χ0v) is 16.9. The number of halogens is 1. The summed E-state index contributed by atoms with van der Waals surface area (Å²) < 4.78 is 29.5. The Morgan fingerprint density at radius 1 is 1.00 bits per heavy atom. The van der Waals surface area contributed by atoms with E-state index in [1.807, 2.05) is 30.3 Å². The SMILES string of the molecule is C=CCOC(=O)COc1ccc(C=Nc2ccc(F)cc2)c(OCc2ccccc2)c1. The lowest BCUT2D eigenvalue weighted by atomic mass is 10.2. The molecule has 5 nitrogen and oxygen atoms in total. The van der Waals surface area contributed by atoms with Gasteiger partial charge in [0.25, 0.3) is 0 Å². The third-order valence-electron chi connectivity index (χ3n) is 4.12. The van der Waals surface area contributed by atoms with Crippen molar-refractivity contribution < 1.29 is 23.4 Å². The summed E-state index contributed by atoms with van der Waals surface area (Å²) in [6.07, 6.45) is 3.12. The Morgan fingerprint density at radius 2 is 1.77 bits per heavy atom. The van der Waals surface area contributed by atoms with Gasteiger partial charge in [0, 0.05) is 17.8 Å². The molecule has 0 amide bonds. The Bertz CT molecular complexity index is 1030. The molecule has 0 atom stereocenters. The number of rotatable bonds is 10. The maximum Gasteiger partial charge on any atom is 0.344 e. The Kier molecular flexibility index (Phi) is 7.94. The molecule has 3 aromatic rings. The number of carbonyl (C=O) groups is 1. The number of esters is 1. The Labute approximate surface area is 180 Å². The minimum atomic E-state index is -0.492. The van der Waals surface area contributed by atoms with Gasteiger partial charge >= 0.3 is 5.97 Å². The molecule has 0 bridgehead atoms. The third kappa shape index (κ3) is 7.12. The van der Waals surface area contributed by atoms with Crippen LogP contribution in [0.1, 0.15) is 11.1 Å². The molecule has 0 unspecified atom stereocenters. The monoisotopic (exact) mass is 419 g/mol. The fourth-order valence-corrected chi connectivity index (χ4v) is 2.58. The van der Waals surface area contributed by atoms with Gasteiger partial charge in [-0.3, -0.25) is 4.99 Å². The number of ether oxygens (including phenoxy) is 3. The molecule has 0 aliphatic carbocycles. The van der Waals surface area contributed by atoms with Crippen LogP contribution in [0.3, 0.4) is 0 Å². The van der Waals surface area contributed by atoms with Crippen LogP contribution >= 0.6 is 0 Å². The maximum absolute atomic E-state index is 13.1. The molecule has 0 spiro atoms. The second-order valence-corrected chi connectivity index (χ2v) is 6.47. The predicted molar refractivity (Wildman–Crippen MR) is 118 cm³/mol. The quantitative estimate of drug-likeness (QED) is 0.255. The zero-order valence-electron chi connectivity index (χ0n) is 16.9. The van der Waals surface area contributed by atoms with E-state index in [1.54, 1.807) is 36.5 Å². The lowest BCUT2D eigenvalue weighted by Gasteiger charge is -2.12. The van der Waals surface area contributed by atoms with E-state index in [0.717, 1.165) is 5.56 Å². The molecule has 31 heavy (non-hydrogen) atoms. The predicted octanol–water partition coefficient (Wildman–Crippen LogP) is 5.26. The maximum atomic E-state index is 13.1. The fourth-order valence-electron chi connectivity index (χ4n) is 2.58. The molecular formula is C25H22FNO4. The zero-order chi connectivity index (χ0) is 21.9. The van der Waals surface area contributed by atoms with Crippen LogP contribution in [0.5, 0.6) is 11.5 Å². The lowest BCUT2D eigenvalue weighted by Crippen LogP contribution is -2.14. The molecule has 0 aromatic heterocycles. The van der Waals surface area contributed by atoms with Crippen molar-refractivity contribution in [1.29, 1.82) is 0 Å². The Morgan fingerprint density at radius 3 is 2.52 bits per heavy atom. The minimum absolute atomic E-state index is 0.131. The number of carbonyl (C=O) groups excluding carboxylic acids is 1. The molecule has 158 valence electrons. The van der Waals surface area contributed by atoms with Gasteiger partial charge in [-0.15, -0.1) is 0 Å². The van der Waals surface area contributed by atoms with E-state index in [9.17, 15) is 9.18 Å². The largest absolute Gasteiger partial charge is 0.488 e. The van der Waals surface area contributed by atoms with Crippen LogP contribution in [-0.2, 0) is 16.1 Å². The highest BCUT2D eigenvalue weighted by molar-refractivity contribution is 5.86.